The molecule has 0 radical (unpaired) electrons. The highest BCUT2D eigenvalue weighted by Gasteiger charge is 2.05. The molecule has 0 bridgehead atoms. The van der Waals surface area contributed by atoms with Crippen LogP contribution in [0.4, 0.5) is 5.69 Å². The summed E-state index contributed by atoms with van der Waals surface area (Å²) in [6, 6.07) is 13.4. The maximum Gasteiger partial charge on any atom is 0.127 e. The molecule has 0 unspecified atom stereocenters. The van der Waals surface area contributed by atoms with Gasteiger partial charge in [0.25, 0.3) is 0 Å². The van der Waals surface area contributed by atoms with Gasteiger partial charge in [0.15, 0.2) is 0 Å². The van der Waals surface area contributed by atoms with Crippen LogP contribution in [0, 0.1) is 0 Å². The van der Waals surface area contributed by atoms with Crippen molar-refractivity contribution in [2.75, 3.05) is 19.5 Å². The van der Waals surface area contributed by atoms with E-state index in [1.54, 1.807) is 14.2 Å². The summed E-state index contributed by atoms with van der Waals surface area (Å²) >= 11 is 5.94. The summed E-state index contributed by atoms with van der Waals surface area (Å²) in [6.45, 7) is 0.660. The topological polar surface area (TPSA) is 30.5 Å². The number of rotatable bonds is 5. The summed E-state index contributed by atoms with van der Waals surface area (Å²) in [5.74, 6) is 1.58. The number of ether oxygens (including phenoxy) is 2. The minimum Gasteiger partial charge on any atom is -0.497 e. The Morgan fingerprint density at radius 3 is 2.58 bits per heavy atom. The molecule has 19 heavy (non-hydrogen) atoms. The largest absolute Gasteiger partial charge is 0.497 e. The summed E-state index contributed by atoms with van der Waals surface area (Å²) in [7, 11) is 3.29. The molecule has 0 spiro atoms. The predicted molar refractivity (Wildman–Crippen MR) is 78.3 cm³/mol. The fourth-order valence-electron chi connectivity index (χ4n) is 1.79. The van der Waals surface area contributed by atoms with Gasteiger partial charge in [0.2, 0.25) is 0 Å². The lowest BCUT2D eigenvalue weighted by Crippen LogP contribution is -2.02. The van der Waals surface area contributed by atoms with Crippen molar-refractivity contribution in [3.05, 3.63) is 53.1 Å². The van der Waals surface area contributed by atoms with E-state index in [9.17, 15) is 0 Å². The normalized spacial score (nSPS) is 10.1. The molecular formula is C15H16ClNO2. The number of halogens is 1. The van der Waals surface area contributed by atoms with Gasteiger partial charge in [0.05, 0.1) is 14.2 Å². The van der Waals surface area contributed by atoms with E-state index >= 15 is 0 Å². The van der Waals surface area contributed by atoms with E-state index in [-0.39, 0.29) is 0 Å². The van der Waals surface area contributed by atoms with Crippen LogP contribution in [0.3, 0.4) is 0 Å². The molecule has 0 fully saturated rings. The van der Waals surface area contributed by atoms with E-state index in [0.29, 0.717) is 11.6 Å². The quantitative estimate of drug-likeness (QED) is 0.897. The highest BCUT2D eigenvalue weighted by Crippen LogP contribution is 2.25. The first-order valence-corrected chi connectivity index (χ1v) is 6.31. The highest BCUT2D eigenvalue weighted by molar-refractivity contribution is 6.30. The van der Waals surface area contributed by atoms with E-state index in [0.717, 1.165) is 22.7 Å². The van der Waals surface area contributed by atoms with Crippen molar-refractivity contribution < 1.29 is 9.47 Å². The molecule has 0 heterocycles. The standard InChI is InChI=1S/C15H16ClNO2/c1-18-14-7-6-11(15(9-14)19-2)10-17-13-5-3-4-12(16)8-13/h3-9,17H,10H2,1-2H3. The van der Waals surface area contributed by atoms with Gasteiger partial charge in [-0.05, 0) is 30.3 Å². The minimum atomic E-state index is 0.660. The average molecular weight is 278 g/mol. The summed E-state index contributed by atoms with van der Waals surface area (Å²) < 4.78 is 10.5. The Morgan fingerprint density at radius 1 is 1.05 bits per heavy atom. The molecule has 0 saturated carbocycles. The zero-order valence-electron chi connectivity index (χ0n) is 10.9. The van der Waals surface area contributed by atoms with Crippen LogP contribution in [0.5, 0.6) is 11.5 Å². The van der Waals surface area contributed by atoms with Gasteiger partial charge >= 0.3 is 0 Å². The van der Waals surface area contributed by atoms with Crippen LogP contribution in [0.15, 0.2) is 42.5 Å². The molecule has 100 valence electrons. The van der Waals surface area contributed by atoms with Crippen LogP contribution in [0.2, 0.25) is 5.02 Å². The molecule has 4 heteroatoms. The highest BCUT2D eigenvalue weighted by atomic mass is 35.5. The lowest BCUT2D eigenvalue weighted by molar-refractivity contribution is 0.391. The molecule has 0 aliphatic carbocycles. The van der Waals surface area contributed by atoms with Crippen molar-refractivity contribution in [1.29, 1.82) is 0 Å². The number of hydrogen-bond donors (Lipinski definition) is 1. The smallest absolute Gasteiger partial charge is 0.127 e. The first-order chi connectivity index (χ1) is 9.22. The molecule has 2 rings (SSSR count). The van der Waals surface area contributed by atoms with Crippen LogP contribution in [-0.2, 0) is 6.54 Å². The van der Waals surface area contributed by atoms with E-state index in [1.807, 2.05) is 42.5 Å². The molecule has 3 nitrogen and oxygen atoms in total. The van der Waals surface area contributed by atoms with Gasteiger partial charge in [-0.25, -0.2) is 0 Å². The average Bonchev–Trinajstić information content (AvgIpc) is 2.45. The minimum absolute atomic E-state index is 0.660. The van der Waals surface area contributed by atoms with Gasteiger partial charge < -0.3 is 14.8 Å². The summed E-state index contributed by atoms with van der Waals surface area (Å²) in [4.78, 5) is 0. The molecule has 2 aromatic carbocycles. The van der Waals surface area contributed by atoms with Crippen molar-refractivity contribution in [1.82, 2.24) is 0 Å². The zero-order chi connectivity index (χ0) is 13.7. The molecule has 0 saturated heterocycles. The van der Waals surface area contributed by atoms with Gasteiger partial charge in [-0.2, -0.15) is 0 Å². The molecule has 0 amide bonds. The molecule has 0 aliphatic rings. The van der Waals surface area contributed by atoms with E-state index in [4.69, 9.17) is 21.1 Å². The zero-order valence-corrected chi connectivity index (χ0v) is 11.7. The third-order valence-electron chi connectivity index (χ3n) is 2.80. The Balaban J connectivity index is 2.11. The molecule has 0 aliphatic heterocycles. The van der Waals surface area contributed by atoms with Crippen molar-refractivity contribution in [2.24, 2.45) is 0 Å². The van der Waals surface area contributed by atoms with Crippen molar-refractivity contribution in [2.45, 2.75) is 6.54 Å². The van der Waals surface area contributed by atoms with Crippen LogP contribution < -0.4 is 14.8 Å². The number of hydrogen-bond acceptors (Lipinski definition) is 3. The fraction of sp³-hybridized carbons (Fsp3) is 0.200. The Bertz CT molecular complexity index is 558. The van der Waals surface area contributed by atoms with Gasteiger partial charge in [0, 0.05) is 28.9 Å². The first kappa shape index (κ1) is 13.6. The summed E-state index contributed by atoms with van der Waals surface area (Å²) in [5, 5.41) is 4.02. The third kappa shape index (κ3) is 3.55. The van der Waals surface area contributed by atoms with Crippen LogP contribution in [-0.4, -0.2) is 14.2 Å². The van der Waals surface area contributed by atoms with Crippen LogP contribution >= 0.6 is 11.6 Å². The lowest BCUT2D eigenvalue weighted by atomic mass is 10.2. The fourth-order valence-corrected chi connectivity index (χ4v) is 1.98. The second-order valence-corrected chi connectivity index (χ2v) is 4.48. The third-order valence-corrected chi connectivity index (χ3v) is 3.04. The molecular weight excluding hydrogens is 262 g/mol. The van der Waals surface area contributed by atoms with Gasteiger partial charge in [-0.3, -0.25) is 0 Å². The Labute approximate surface area is 118 Å². The molecule has 0 atom stereocenters. The van der Waals surface area contributed by atoms with E-state index in [1.165, 1.54) is 0 Å². The van der Waals surface area contributed by atoms with E-state index < -0.39 is 0 Å². The first-order valence-electron chi connectivity index (χ1n) is 5.93. The SMILES string of the molecule is COc1ccc(CNc2cccc(Cl)c2)c(OC)c1. The predicted octanol–water partition coefficient (Wildman–Crippen LogP) is 3.97. The Kier molecular flexibility index (Phi) is 4.53. The van der Waals surface area contributed by atoms with Crippen molar-refractivity contribution >= 4 is 17.3 Å². The number of nitrogens with one attached hydrogen (secondary N) is 1. The monoisotopic (exact) mass is 277 g/mol. The number of benzene rings is 2. The van der Waals surface area contributed by atoms with Crippen molar-refractivity contribution in [3.63, 3.8) is 0 Å². The second kappa shape index (κ2) is 6.34. The molecule has 2 aromatic rings. The second-order valence-electron chi connectivity index (χ2n) is 4.04. The Morgan fingerprint density at radius 2 is 1.89 bits per heavy atom. The summed E-state index contributed by atoms with van der Waals surface area (Å²) in [5.41, 5.74) is 2.04. The van der Waals surface area contributed by atoms with Crippen LogP contribution in [0.25, 0.3) is 0 Å². The maximum atomic E-state index is 5.94. The molecule has 0 aromatic heterocycles. The number of anilines is 1. The maximum absolute atomic E-state index is 5.94. The van der Waals surface area contributed by atoms with Crippen LogP contribution in [0.1, 0.15) is 5.56 Å². The van der Waals surface area contributed by atoms with Crippen molar-refractivity contribution in [3.8, 4) is 11.5 Å². The van der Waals surface area contributed by atoms with Gasteiger partial charge in [-0.1, -0.05) is 17.7 Å². The summed E-state index contributed by atoms with van der Waals surface area (Å²) in [6.07, 6.45) is 0. The van der Waals surface area contributed by atoms with Gasteiger partial charge in [-0.15, -0.1) is 0 Å². The molecule has 1 N–H and O–H groups in total. The number of methoxy groups -OCH3 is 2. The lowest BCUT2D eigenvalue weighted by Gasteiger charge is -2.12. The van der Waals surface area contributed by atoms with Gasteiger partial charge in [0.1, 0.15) is 11.5 Å². The van der Waals surface area contributed by atoms with E-state index in [2.05, 4.69) is 5.32 Å². The Hall–Kier alpha value is -1.87.